The predicted octanol–water partition coefficient (Wildman–Crippen LogP) is 2.34. The topological polar surface area (TPSA) is 38.0 Å². The summed E-state index contributed by atoms with van der Waals surface area (Å²) in [7, 11) is 0. The van der Waals surface area contributed by atoms with Crippen LogP contribution in [0.25, 0.3) is 0 Å². The Hall–Kier alpha value is -1.09. The molecule has 1 saturated heterocycles. The highest BCUT2D eigenvalue weighted by atomic mass is 19.1. The summed E-state index contributed by atoms with van der Waals surface area (Å²) >= 11 is 0. The molecule has 0 aromatic heterocycles. The molecule has 88 valence electrons. The van der Waals surface area contributed by atoms with Gasteiger partial charge in [0.05, 0.1) is 0 Å². The minimum atomic E-state index is -0.163. The van der Waals surface area contributed by atoms with Gasteiger partial charge in [-0.1, -0.05) is 6.07 Å². The molecule has 1 unspecified atom stereocenters. The van der Waals surface area contributed by atoms with E-state index in [-0.39, 0.29) is 5.82 Å². The molecule has 2 rings (SSSR count). The van der Waals surface area contributed by atoms with E-state index < -0.39 is 0 Å². The van der Waals surface area contributed by atoms with Crippen LogP contribution >= 0.6 is 0 Å². The van der Waals surface area contributed by atoms with Crippen LogP contribution in [0.2, 0.25) is 0 Å². The Bertz CT molecular complexity index is 346. The van der Waals surface area contributed by atoms with Crippen LogP contribution in [0.4, 0.5) is 10.1 Å². The summed E-state index contributed by atoms with van der Waals surface area (Å²) in [6.45, 7) is 2.21. The number of nitrogen functional groups attached to an aromatic ring is 1. The van der Waals surface area contributed by atoms with Gasteiger partial charge in [-0.15, -0.1) is 0 Å². The molecular weight excluding hydrogens is 203 g/mol. The number of rotatable bonds is 3. The normalized spacial score (nSPS) is 20.9. The van der Waals surface area contributed by atoms with Crippen molar-refractivity contribution in [3.05, 3.63) is 29.6 Å². The zero-order chi connectivity index (χ0) is 11.4. The quantitative estimate of drug-likeness (QED) is 0.770. The lowest BCUT2D eigenvalue weighted by atomic mass is 9.92. The number of hydrogen-bond donors (Lipinski definition) is 2. The summed E-state index contributed by atoms with van der Waals surface area (Å²) in [5, 5.41) is 3.38. The third-order valence-corrected chi connectivity index (χ3v) is 3.30. The standard InChI is InChI=1S/C13H19FN2/c14-13-8-12(15)6-5-11(13)4-3-10-2-1-7-16-9-10/h5-6,8,10,16H,1-4,7,9,15H2. The van der Waals surface area contributed by atoms with Crippen LogP contribution in [-0.4, -0.2) is 13.1 Å². The lowest BCUT2D eigenvalue weighted by molar-refractivity contribution is 0.356. The van der Waals surface area contributed by atoms with Gasteiger partial charge in [0.15, 0.2) is 0 Å². The van der Waals surface area contributed by atoms with Gasteiger partial charge in [-0.05, 0) is 62.4 Å². The summed E-state index contributed by atoms with van der Waals surface area (Å²) < 4.78 is 13.5. The Morgan fingerprint density at radius 2 is 2.31 bits per heavy atom. The fraction of sp³-hybridized carbons (Fsp3) is 0.538. The number of aryl methyl sites for hydroxylation is 1. The number of nitrogens with two attached hydrogens (primary N) is 1. The van der Waals surface area contributed by atoms with Crippen LogP contribution < -0.4 is 11.1 Å². The highest BCUT2D eigenvalue weighted by Crippen LogP contribution is 2.19. The van der Waals surface area contributed by atoms with Crippen molar-refractivity contribution in [3.63, 3.8) is 0 Å². The van der Waals surface area contributed by atoms with Crippen LogP contribution in [0, 0.1) is 11.7 Å². The van der Waals surface area contributed by atoms with E-state index in [1.807, 2.05) is 0 Å². The summed E-state index contributed by atoms with van der Waals surface area (Å²) in [6.07, 6.45) is 4.39. The molecule has 0 amide bonds. The van der Waals surface area contributed by atoms with Crippen molar-refractivity contribution >= 4 is 5.69 Å². The Balaban J connectivity index is 1.88. The van der Waals surface area contributed by atoms with Gasteiger partial charge < -0.3 is 11.1 Å². The molecule has 1 atom stereocenters. The second-order valence-corrected chi connectivity index (χ2v) is 4.60. The van der Waals surface area contributed by atoms with E-state index in [9.17, 15) is 4.39 Å². The Morgan fingerprint density at radius 1 is 1.44 bits per heavy atom. The molecule has 0 spiro atoms. The zero-order valence-electron chi connectivity index (χ0n) is 9.51. The summed E-state index contributed by atoms with van der Waals surface area (Å²) in [5.41, 5.74) is 6.81. The van der Waals surface area contributed by atoms with Gasteiger partial charge in [0.2, 0.25) is 0 Å². The number of nitrogens with one attached hydrogen (secondary N) is 1. The molecule has 0 saturated carbocycles. The predicted molar refractivity (Wildman–Crippen MR) is 64.7 cm³/mol. The monoisotopic (exact) mass is 222 g/mol. The molecule has 1 aliphatic rings. The zero-order valence-corrected chi connectivity index (χ0v) is 9.51. The molecule has 1 aliphatic heterocycles. The van der Waals surface area contributed by atoms with Gasteiger partial charge in [0.1, 0.15) is 5.82 Å². The van der Waals surface area contributed by atoms with E-state index in [2.05, 4.69) is 5.32 Å². The molecule has 0 aliphatic carbocycles. The van der Waals surface area contributed by atoms with Crippen LogP contribution in [0.3, 0.4) is 0 Å². The third kappa shape index (κ3) is 2.95. The molecule has 1 fully saturated rings. The maximum atomic E-state index is 13.5. The highest BCUT2D eigenvalue weighted by Gasteiger charge is 2.13. The molecule has 0 radical (unpaired) electrons. The molecular formula is C13H19FN2. The number of halogens is 1. The van der Waals surface area contributed by atoms with E-state index >= 15 is 0 Å². The Morgan fingerprint density at radius 3 is 3.00 bits per heavy atom. The van der Waals surface area contributed by atoms with Crippen LogP contribution in [-0.2, 0) is 6.42 Å². The van der Waals surface area contributed by atoms with Crippen LogP contribution in [0.15, 0.2) is 18.2 Å². The van der Waals surface area contributed by atoms with Crippen molar-refractivity contribution in [1.82, 2.24) is 5.32 Å². The Labute approximate surface area is 96.0 Å². The lowest BCUT2D eigenvalue weighted by Crippen LogP contribution is -2.29. The fourth-order valence-electron chi connectivity index (χ4n) is 2.30. The van der Waals surface area contributed by atoms with Gasteiger partial charge in [-0.2, -0.15) is 0 Å². The largest absolute Gasteiger partial charge is 0.399 e. The van der Waals surface area contributed by atoms with Crippen molar-refractivity contribution < 1.29 is 4.39 Å². The van der Waals surface area contributed by atoms with Gasteiger partial charge in [-0.25, -0.2) is 4.39 Å². The average molecular weight is 222 g/mol. The average Bonchev–Trinajstić information content (AvgIpc) is 2.29. The minimum absolute atomic E-state index is 0.163. The molecule has 1 aromatic rings. The van der Waals surface area contributed by atoms with Gasteiger partial charge in [-0.3, -0.25) is 0 Å². The summed E-state index contributed by atoms with van der Waals surface area (Å²) in [5.74, 6) is 0.537. The van der Waals surface area contributed by atoms with E-state index in [1.165, 1.54) is 18.9 Å². The molecule has 1 heterocycles. The third-order valence-electron chi connectivity index (χ3n) is 3.30. The van der Waals surface area contributed by atoms with E-state index in [0.717, 1.165) is 31.5 Å². The second kappa shape index (κ2) is 5.30. The number of piperidine rings is 1. The smallest absolute Gasteiger partial charge is 0.128 e. The minimum Gasteiger partial charge on any atom is -0.399 e. The second-order valence-electron chi connectivity index (χ2n) is 4.60. The van der Waals surface area contributed by atoms with Crippen LogP contribution in [0.1, 0.15) is 24.8 Å². The van der Waals surface area contributed by atoms with E-state index in [0.29, 0.717) is 11.6 Å². The number of anilines is 1. The maximum absolute atomic E-state index is 13.5. The van der Waals surface area contributed by atoms with Gasteiger partial charge in [0, 0.05) is 5.69 Å². The first-order valence-electron chi connectivity index (χ1n) is 6.00. The first-order chi connectivity index (χ1) is 7.75. The fourth-order valence-corrected chi connectivity index (χ4v) is 2.30. The molecule has 1 aromatic carbocycles. The van der Waals surface area contributed by atoms with Crippen molar-refractivity contribution in [2.24, 2.45) is 5.92 Å². The highest BCUT2D eigenvalue weighted by molar-refractivity contribution is 5.40. The molecule has 0 bridgehead atoms. The van der Waals surface area contributed by atoms with Crippen molar-refractivity contribution in [1.29, 1.82) is 0 Å². The summed E-state index contributed by atoms with van der Waals surface area (Å²) in [4.78, 5) is 0. The molecule has 3 heteroatoms. The van der Waals surface area contributed by atoms with Crippen molar-refractivity contribution in [2.75, 3.05) is 18.8 Å². The first-order valence-corrected chi connectivity index (χ1v) is 6.00. The van der Waals surface area contributed by atoms with Crippen molar-refractivity contribution in [2.45, 2.75) is 25.7 Å². The van der Waals surface area contributed by atoms with E-state index in [4.69, 9.17) is 5.73 Å². The number of hydrogen-bond acceptors (Lipinski definition) is 2. The number of benzene rings is 1. The lowest BCUT2D eigenvalue weighted by Gasteiger charge is -2.22. The maximum Gasteiger partial charge on any atom is 0.128 e. The molecule has 3 N–H and O–H groups in total. The van der Waals surface area contributed by atoms with Gasteiger partial charge in [0.25, 0.3) is 0 Å². The Kier molecular flexibility index (Phi) is 3.78. The van der Waals surface area contributed by atoms with Crippen LogP contribution in [0.5, 0.6) is 0 Å². The van der Waals surface area contributed by atoms with Crippen molar-refractivity contribution in [3.8, 4) is 0 Å². The first kappa shape index (κ1) is 11.4. The van der Waals surface area contributed by atoms with Gasteiger partial charge >= 0.3 is 0 Å². The molecule has 2 nitrogen and oxygen atoms in total. The summed E-state index contributed by atoms with van der Waals surface area (Å²) in [6, 6.07) is 4.99. The SMILES string of the molecule is Nc1ccc(CCC2CCCNC2)c(F)c1. The van der Waals surface area contributed by atoms with E-state index in [1.54, 1.807) is 12.1 Å². The molecule has 16 heavy (non-hydrogen) atoms.